The number of rotatable bonds is 3. The summed E-state index contributed by atoms with van der Waals surface area (Å²) in [5.41, 5.74) is 0.743. The van der Waals surface area contributed by atoms with Gasteiger partial charge in [0.2, 0.25) is 0 Å². The quantitative estimate of drug-likeness (QED) is 0.921. The normalized spacial score (nSPS) is 18.9. The maximum absolute atomic E-state index is 14.5. The first-order valence-electron chi connectivity index (χ1n) is 7.21. The largest absolute Gasteiger partial charge is 0.497 e. The van der Waals surface area contributed by atoms with Crippen LogP contribution in [0.3, 0.4) is 0 Å². The van der Waals surface area contributed by atoms with Gasteiger partial charge in [-0.15, -0.1) is 0 Å². The van der Waals surface area contributed by atoms with E-state index in [0.717, 1.165) is 31.7 Å². The topological polar surface area (TPSA) is 24.5 Å². The molecule has 0 aliphatic carbocycles. The standard InChI is InChI=1S/C16H25FN2O/c1-16(2,3)15(19-9-7-18-8-10-19)13-6-5-12(20-4)11-14(13)17/h5-6,11,15,18H,7-10H2,1-4H3/t15-/m1/s1. The second kappa shape index (κ2) is 6.10. The smallest absolute Gasteiger partial charge is 0.131 e. The fourth-order valence-electron chi connectivity index (χ4n) is 3.01. The third-order valence-corrected chi connectivity index (χ3v) is 3.84. The Morgan fingerprint density at radius 2 is 1.90 bits per heavy atom. The molecule has 1 aromatic carbocycles. The first-order chi connectivity index (χ1) is 9.43. The van der Waals surface area contributed by atoms with Gasteiger partial charge in [-0.1, -0.05) is 26.8 Å². The summed E-state index contributed by atoms with van der Waals surface area (Å²) in [6.45, 7) is 10.3. The number of hydrogen-bond acceptors (Lipinski definition) is 3. The highest BCUT2D eigenvalue weighted by atomic mass is 19.1. The molecule has 0 saturated carbocycles. The van der Waals surface area contributed by atoms with E-state index >= 15 is 0 Å². The predicted molar refractivity (Wildman–Crippen MR) is 79.6 cm³/mol. The first kappa shape index (κ1) is 15.3. The van der Waals surface area contributed by atoms with E-state index in [9.17, 15) is 4.39 Å². The van der Waals surface area contributed by atoms with Gasteiger partial charge in [-0.2, -0.15) is 0 Å². The summed E-state index contributed by atoms with van der Waals surface area (Å²) in [7, 11) is 1.56. The molecule has 0 amide bonds. The number of hydrogen-bond donors (Lipinski definition) is 1. The van der Waals surface area contributed by atoms with E-state index in [2.05, 4.69) is 31.0 Å². The fraction of sp³-hybridized carbons (Fsp3) is 0.625. The van der Waals surface area contributed by atoms with Gasteiger partial charge in [0.25, 0.3) is 0 Å². The molecule has 3 nitrogen and oxygen atoms in total. The molecule has 0 unspecified atom stereocenters. The minimum Gasteiger partial charge on any atom is -0.497 e. The van der Waals surface area contributed by atoms with Crippen LogP contribution in [-0.2, 0) is 0 Å². The van der Waals surface area contributed by atoms with Crippen molar-refractivity contribution in [2.24, 2.45) is 5.41 Å². The van der Waals surface area contributed by atoms with E-state index in [1.165, 1.54) is 6.07 Å². The van der Waals surface area contributed by atoms with Gasteiger partial charge < -0.3 is 10.1 Å². The van der Waals surface area contributed by atoms with Crippen molar-refractivity contribution in [3.63, 3.8) is 0 Å². The highest BCUT2D eigenvalue weighted by Crippen LogP contribution is 2.39. The Morgan fingerprint density at radius 3 is 2.40 bits per heavy atom. The van der Waals surface area contributed by atoms with Crippen molar-refractivity contribution in [2.75, 3.05) is 33.3 Å². The molecule has 0 radical (unpaired) electrons. The average molecular weight is 280 g/mol. The maximum Gasteiger partial charge on any atom is 0.131 e. The van der Waals surface area contributed by atoms with Crippen LogP contribution in [0.25, 0.3) is 0 Å². The van der Waals surface area contributed by atoms with Gasteiger partial charge in [0.1, 0.15) is 11.6 Å². The van der Waals surface area contributed by atoms with Crippen LogP contribution in [0.4, 0.5) is 4.39 Å². The first-order valence-corrected chi connectivity index (χ1v) is 7.21. The van der Waals surface area contributed by atoms with E-state index in [0.29, 0.717) is 5.75 Å². The Balaban J connectivity index is 2.35. The molecule has 2 rings (SSSR count). The summed E-state index contributed by atoms with van der Waals surface area (Å²) in [4.78, 5) is 2.38. The maximum atomic E-state index is 14.5. The monoisotopic (exact) mass is 280 g/mol. The number of halogens is 1. The second-order valence-corrected chi connectivity index (χ2v) is 6.44. The molecule has 112 valence electrons. The summed E-state index contributed by atoms with van der Waals surface area (Å²) >= 11 is 0. The summed E-state index contributed by atoms with van der Waals surface area (Å²) in [6, 6.07) is 5.28. The van der Waals surface area contributed by atoms with Crippen molar-refractivity contribution >= 4 is 0 Å². The third kappa shape index (κ3) is 3.30. The molecular formula is C16H25FN2O. The third-order valence-electron chi connectivity index (χ3n) is 3.84. The zero-order valence-corrected chi connectivity index (χ0v) is 12.9. The van der Waals surface area contributed by atoms with E-state index in [1.54, 1.807) is 7.11 Å². The molecule has 20 heavy (non-hydrogen) atoms. The number of nitrogens with one attached hydrogen (secondary N) is 1. The minimum atomic E-state index is -0.178. The van der Waals surface area contributed by atoms with Crippen molar-refractivity contribution < 1.29 is 9.13 Å². The highest BCUT2D eigenvalue weighted by Gasteiger charge is 2.34. The molecule has 1 fully saturated rings. The Labute approximate surface area is 121 Å². The van der Waals surface area contributed by atoms with Crippen molar-refractivity contribution in [1.82, 2.24) is 10.2 Å². The van der Waals surface area contributed by atoms with Crippen LogP contribution in [0.2, 0.25) is 0 Å². The predicted octanol–water partition coefficient (Wildman–Crippen LogP) is 2.83. The average Bonchev–Trinajstić information content (AvgIpc) is 2.40. The Morgan fingerprint density at radius 1 is 1.25 bits per heavy atom. The lowest BCUT2D eigenvalue weighted by Gasteiger charge is -2.42. The SMILES string of the molecule is COc1ccc([C@@H](N2CCNCC2)C(C)(C)C)c(F)c1. The van der Waals surface area contributed by atoms with E-state index in [1.807, 2.05) is 12.1 Å². The molecule has 1 heterocycles. The Kier molecular flexibility index (Phi) is 4.66. The van der Waals surface area contributed by atoms with Crippen LogP contribution in [-0.4, -0.2) is 38.2 Å². The number of piperazine rings is 1. The molecule has 1 saturated heterocycles. The van der Waals surface area contributed by atoms with Gasteiger partial charge in [0.05, 0.1) is 7.11 Å². The Hall–Kier alpha value is -1.13. The van der Waals surface area contributed by atoms with Crippen molar-refractivity contribution in [3.05, 3.63) is 29.6 Å². The van der Waals surface area contributed by atoms with E-state index < -0.39 is 0 Å². The lowest BCUT2D eigenvalue weighted by atomic mass is 9.80. The summed E-state index contributed by atoms with van der Waals surface area (Å²) < 4.78 is 19.5. The molecule has 1 aliphatic rings. The van der Waals surface area contributed by atoms with Gasteiger partial charge in [0.15, 0.2) is 0 Å². The Bertz CT molecular complexity index is 450. The van der Waals surface area contributed by atoms with Crippen molar-refractivity contribution in [2.45, 2.75) is 26.8 Å². The summed E-state index contributed by atoms with van der Waals surface area (Å²) in [5, 5.41) is 3.35. The molecule has 1 N–H and O–H groups in total. The van der Waals surface area contributed by atoms with Gasteiger partial charge >= 0.3 is 0 Å². The van der Waals surface area contributed by atoms with Crippen LogP contribution < -0.4 is 10.1 Å². The molecule has 0 bridgehead atoms. The van der Waals surface area contributed by atoms with Gasteiger partial charge in [-0.25, -0.2) is 4.39 Å². The lowest BCUT2D eigenvalue weighted by molar-refractivity contribution is 0.0834. The zero-order valence-electron chi connectivity index (χ0n) is 12.9. The molecule has 1 aromatic rings. The zero-order chi connectivity index (χ0) is 14.8. The molecule has 0 aromatic heterocycles. The van der Waals surface area contributed by atoms with Gasteiger partial charge in [-0.05, 0) is 11.5 Å². The van der Waals surface area contributed by atoms with Gasteiger partial charge in [0, 0.05) is 43.9 Å². The van der Waals surface area contributed by atoms with Crippen molar-refractivity contribution in [3.8, 4) is 5.75 Å². The number of benzene rings is 1. The number of nitrogens with zero attached hydrogens (tertiary/aromatic N) is 1. The van der Waals surface area contributed by atoms with Gasteiger partial charge in [-0.3, -0.25) is 4.90 Å². The van der Waals surface area contributed by atoms with Crippen LogP contribution in [0.1, 0.15) is 32.4 Å². The summed E-state index contributed by atoms with van der Waals surface area (Å²) in [6.07, 6.45) is 0. The highest BCUT2D eigenvalue weighted by molar-refractivity contribution is 5.32. The minimum absolute atomic E-state index is 0.0211. The van der Waals surface area contributed by atoms with E-state index in [-0.39, 0.29) is 17.3 Å². The van der Waals surface area contributed by atoms with Crippen LogP contribution in [0.15, 0.2) is 18.2 Å². The second-order valence-electron chi connectivity index (χ2n) is 6.44. The van der Waals surface area contributed by atoms with E-state index in [4.69, 9.17) is 4.74 Å². The lowest BCUT2D eigenvalue weighted by Crippen LogP contribution is -2.48. The number of methoxy groups -OCH3 is 1. The number of ether oxygens (including phenoxy) is 1. The molecule has 1 aliphatic heterocycles. The fourth-order valence-corrected chi connectivity index (χ4v) is 3.01. The molecular weight excluding hydrogens is 255 g/mol. The van der Waals surface area contributed by atoms with Crippen LogP contribution in [0, 0.1) is 11.2 Å². The van der Waals surface area contributed by atoms with Crippen LogP contribution in [0.5, 0.6) is 5.75 Å². The van der Waals surface area contributed by atoms with Crippen molar-refractivity contribution in [1.29, 1.82) is 0 Å². The van der Waals surface area contributed by atoms with Crippen LogP contribution >= 0.6 is 0 Å². The molecule has 0 spiro atoms. The molecule has 4 heteroatoms. The summed E-state index contributed by atoms with van der Waals surface area (Å²) in [5.74, 6) is 0.391. The molecule has 1 atom stereocenters.